The van der Waals surface area contributed by atoms with E-state index in [2.05, 4.69) is 15.6 Å². The molecule has 2 aromatic rings. The Hall–Kier alpha value is -2.02. The highest BCUT2D eigenvalue weighted by atomic mass is 35.5. The lowest BCUT2D eigenvalue weighted by Gasteiger charge is -2.30. The Bertz CT molecular complexity index is 864. The van der Waals surface area contributed by atoms with Crippen LogP contribution in [0.3, 0.4) is 0 Å². The molecule has 1 amide bonds. The highest BCUT2D eigenvalue weighted by Gasteiger charge is 2.34. The third kappa shape index (κ3) is 5.75. The first-order valence-electron chi connectivity index (χ1n) is 9.99. The monoisotopic (exact) mass is 427 g/mol. The fraction of sp³-hybridized carbons (Fsp3) is 0.524. The molecule has 0 spiro atoms. The van der Waals surface area contributed by atoms with Crippen LogP contribution in [-0.4, -0.2) is 23.0 Å². The van der Waals surface area contributed by atoms with E-state index in [1.54, 1.807) is 6.07 Å². The predicted molar refractivity (Wildman–Crippen MR) is 109 cm³/mol. The van der Waals surface area contributed by atoms with Gasteiger partial charge in [-0.1, -0.05) is 24.9 Å². The van der Waals surface area contributed by atoms with Crippen molar-refractivity contribution in [3.63, 3.8) is 0 Å². The second-order valence-electron chi connectivity index (χ2n) is 7.58. The van der Waals surface area contributed by atoms with Crippen molar-refractivity contribution in [2.75, 3.05) is 5.32 Å². The molecule has 8 heteroatoms. The van der Waals surface area contributed by atoms with E-state index in [1.165, 1.54) is 12.1 Å². The van der Waals surface area contributed by atoms with Crippen LogP contribution in [0.2, 0.25) is 5.02 Å². The number of fused-ring (bicyclic) bond motifs is 1. The summed E-state index contributed by atoms with van der Waals surface area (Å²) in [6.45, 7) is 2.05. The molecule has 1 aromatic heterocycles. The van der Waals surface area contributed by atoms with E-state index in [9.17, 15) is 18.0 Å². The van der Waals surface area contributed by atoms with E-state index in [0.29, 0.717) is 22.5 Å². The number of carbonyl (C=O) groups excluding carboxylic acids is 1. The molecule has 1 fully saturated rings. The first kappa shape index (κ1) is 21.7. The van der Waals surface area contributed by atoms with Crippen molar-refractivity contribution < 1.29 is 18.0 Å². The minimum absolute atomic E-state index is 0.0319. The summed E-state index contributed by atoms with van der Waals surface area (Å²) in [6, 6.07) is 5.88. The van der Waals surface area contributed by atoms with Crippen molar-refractivity contribution in [1.29, 1.82) is 0 Å². The fourth-order valence-corrected chi connectivity index (χ4v) is 3.87. The standard InChI is InChI=1S/C21H25ClF3N3O/c1-2-3-4-20(29)27-15-8-6-14(7-9-15)26-18-12-19(21(23,24)25)28-17-10-5-13(22)11-16(17)18/h5,10-12,14-15H,2-4,6-9H2,1H3,(H,26,28)(H,27,29). The quantitative estimate of drug-likeness (QED) is 0.600. The van der Waals surface area contributed by atoms with Crippen molar-refractivity contribution in [1.82, 2.24) is 10.3 Å². The van der Waals surface area contributed by atoms with Crippen molar-refractivity contribution in [3.05, 3.63) is 35.0 Å². The van der Waals surface area contributed by atoms with Crippen LogP contribution in [0.15, 0.2) is 24.3 Å². The summed E-state index contributed by atoms with van der Waals surface area (Å²) < 4.78 is 39.8. The molecule has 1 aromatic carbocycles. The lowest BCUT2D eigenvalue weighted by molar-refractivity contribution is -0.140. The van der Waals surface area contributed by atoms with E-state index >= 15 is 0 Å². The number of nitrogens with zero attached hydrogens (tertiary/aromatic N) is 1. The Morgan fingerprint density at radius 2 is 1.86 bits per heavy atom. The minimum Gasteiger partial charge on any atom is -0.382 e. The Balaban J connectivity index is 1.70. The highest BCUT2D eigenvalue weighted by Crippen LogP contribution is 2.35. The summed E-state index contributed by atoms with van der Waals surface area (Å²) in [5, 5.41) is 7.34. The van der Waals surface area contributed by atoms with Crippen LogP contribution in [0.25, 0.3) is 10.9 Å². The Kier molecular flexibility index (Phi) is 6.88. The highest BCUT2D eigenvalue weighted by molar-refractivity contribution is 6.31. The average Bonchev–Trinajstić information content (AvgIpc) is 2.67. The number of aromatic nitrogens is 1. The molecule has 0 radical (unpaired) electrons. The summed E-state index contributed by atoms with van der Waals surface area (Å²) >= 11 is 6.05. The van der Waals surface area contributed by atoms with Crippen LogP contribution < -0.4 is 10.6 Å². The predicted octanol–water partition coefficient (Wildman–Crippen LogP) is 5.94. The van der Waals surface area contributed by atoms with Gasteiger partial charge in [-0.3, -0.25) is 4.79 Å². The van der Waals surface area contributed by atoms with Gasteiger partial charge in [0.25, 0.3) is 0 Å². The third-order valence-corrected chi connectivity index (χ3v) is 5.51. The summed E-state index contributed by atoms with van der Waals surface area (Å²) in [6.07, 6.45) is 1.00. The zero-order chi connectivity index (χ0) is 21.0. The lowest BCUT2D eigenvalue weighted by atomic mass is 9.90. The molecule has 0 unspecified atom stereocenters. The van der Waals surface area contributed by atoms with Crippen LogP contribution >= 0.6 is 11.6 Å². The van der Waals surface area contributed by atoms with Gasteiger partial charge >= 0.3 is 6.18 Å². The average molecular weight is 428 g/mol. The van der Waals surface area contributed by atoms with Crippen LogP contribution in [0.5, 0.6) is 0 Å². The van der Waals surface area contributed by atoms with Crippen molar-refractivity contribution in [3.8, 4) is 0 Å². The molecule has 29 heavy (non-hydrogen) atoms. The largest absolute Gasteiger partial charge is 0.433 e. The Morgan fingerprint density at radius 3 is 2.52 bits per heavy atom. The maximum atomic E-state index is 13.3. The number of rotatable bonds is 6. The van der Waals surface area contributed by atoms with Gasteiger partial charge in [-0.05, 0) is 56.4 Å². The SMILES string of the molecule is CCCCC(=O)NC1CCC(Nc2cc(C(F)(F)F)nc3ccc(Cl)cc23)CC1. The molecule has 0 aliphatic heterocycles. The third-order valence-electron chi connectivity index (χ3n) is 5.27. The summed E-state index contributed by atoms with van der Waals surface area (Å²) in [4.78, 5) is 15.6. The number of hydrogen-bond donors (Lipinski definition) is 2. The second kappa shape index (κ2) is 9.20. The first-order valence-corrected chi connectivity index (χ1v) is 10.4. The van der Waals surface area contributed by atoms with Gasteiger partial charge in [0.1, 0.15) is 5.69 Å². The molecule has 3 rings (SSSR count). The van der Waals surface area contributed by atoms with Crippen LogP contribution in [-0.2, 0) is 11.0 Å². The van der Waals surface area contributed by atoms with Gasteiger partial charge in [-0.25, -0.2) is 4.98 Å². The number of hydrogen-bond acceptors (Lipinski definition) is 3. The molecular formula is C21H25ClF3N3O. The van der Waals surface area contributed by atoms with Gasteiger partial charge in [0, 0.05) is 34.6 Å². The Labute approximate surface area is 173 Å². The number of halogens is 4. The maximum absolute atomic E-state index is 13.3. The molecule has 4 nitrogen and oxygen atoms in total. The fourth-order valence-electron chi connectivity index (χ4n) is 3.70. The summed E-state index contributed by atoms with van der Waals surface area (Å²) in [5.41, 5.74) is -0.282. The van der Waals surface area contributed by atoms with Crippen LogP contribution in [0, 0.1) is 0 Å². The molecule has 0 atom stereocenters. The zero-order valence-corrected chi connectivity index (χ0v) is 17.0. The molecule has 1 saturated carbocycles. The second-order valence-corrected chi connectivity index (χ2v) is 8.01. The van der Waals surface area contributed by atoms with E-state index in [1.807, 2.05) is 6.92 Å². The van der Waals surface area contributed by atoms with Gasteiger partial charge in [0.2, 0.25) is 5.91 Å². The van der Waals surface area contributed by atoms with Crippen molar-refractivity contribution >= 4 is 34.1 Å². The van der Waals surface area contributed by atoms with E-state index in [-0.39, 0.29) is 23.5 Å². The molecule has 158 valence electrons. The van der Waals surface area contributed by atoms with Crippen molar-refractivity contribution in [2.24, 2.45) is 0 Å². The number of carbonyl (C=O) groups is 1. The van der Waals surface area contributed by atoms with E-state index in [4.69, 9.17) is 11.6 Å². The molecule has 1 aliphatic carbocycles. The summed E-state index contributed by atoms with van der Waals surface area (Å²) in [7, 11) is 0. The number of pyridine rings is 1. The molecule has 2 N–H and O–H groups in total. The smallest absolute Gasteiger partial charge is 0.382 e. The van der Waals surface area contributed by atoms with E-state index < -0.39 is 11.9 Å². The van der Waals surface area contributed by atoms with E-state index in [0.717, 1.165) is 44.6 Å². The molecular weight excluding hydrogens is 403 g/mol. The number of amides is 1. The topological polar surface area (TPSA) is 54.0 Å². The molecule has 1 heterocycles. The Morgan fingerprint density at radius 1 is 1.17 bits per heavy atom. The summed E-state index contributed by atoms with van der Waals surface area (Å²) in [5.74, 6) is 0.0767. The van der Waals surface area contributed by atoms with Gasteiger partial charge in [-0.2, -0.15) is 13.2 Å². The van der Waals surface area contributed by atoms with Crippen LogP contribution in [0.1, 0.15) is 57.6 Å². The van der Waals surface area contributed by atoms with Gasteiger partial charge < -0.3 is 10.6 Å². The number of alkyl halides is 3. The van der Waals surface area contributed by atoms with Gasteiger partial charge in [0.05, 0.1) is 5.52 Å². The van der Waals surface area contributed by atoms with Crippen molar-refractivity contribution in [2.45, 2.75) is 70.1 Å². The minimum atomic E-state index is -4.52. The maximum Gasteiger partial charge on any atom is 0.433 e. The zero-order valence-electron chi connectivity index (χ0n) is 16.3. The van der Waals surface area contributed by atoms with Gasteiger partial charge in [0.15, 0.2) is 0 Å². The first-order chi connectivity index (χ1) is 13.8. The number of anilines is 1. The molecule has 0 bridgehead atoms. The molecule has 0 saturated heterocycles. The lowest BCUT2D eigenvalue weighted by Crippen LogP contribution is -2.40. The number of nitrogens with one attached hydrogen (secondary N) is 2. The van der Waals surface area contributed by atoms with Gasteiger partial charge in [-0.15, -0.1) is 0 Å². The van der Waals surface area contributed by atoms with Crippen LogP contribution in [0.4, 0.5) is 18.9 Å². The molecule has 1 aliphatic rings. The normalized spacial score (nSPS) is 19.9. The number of unbranched alkanes of at least 4 members (excludes halogenated alkanes) is 1. The number of benzene rings is 1.